The maximum atomic E-state index is 12.2. The number of anilines is 1. The molecule has 0 aliphatic carbocycles. The number of alkyl halides is 3. The van der Waals surface area contributed by atoms with Crippen LogP contribution >= 0.6 is 0 Å². The minimum absolute atomic E-state index is 0.00361. The lowest BCUT2D eigenvalue weighted by atomic mass is 10.2. The number of carbonyl (C=O) groups is 1. The van der Waals surface area contributed by atoms with Gasteiger partial charge in [-0.1, -0.05) is 0 Å². The number of rotatable bonds is 3. The van der Waals surface area contributed by atoms with Crippen molar-refractivity contribution in [2.45, 2.75) is 20.0 Å². The largest absolute Gasteiger partial charge is 0.406 e. The van der Waals surface area contributed by atoms with Gasteiger partial charge < -0.3 is 10.6 Å². The van der Waals surface area contributed by atoms with E-state index in [1.165, 1.54) is 13.8 Å². The van der Waals surface area contributed by atoms with Gasteiger partial charge in [0.2, 0.25) is 0 Å². The van der Waals surface area contributed by atoms with Crippen LogP contribution in [0.15, 0.2) is 0 Å². The molecule has 8 heteroatoms. The lowest BCUT2D eigenvalue weighted by molar-refractivity contribution is -0.140. The second-order valence-electron chi connectivity index (χ2n) is 3.54. The van der Waals surface area contributed by atoms with Gasteiger partial charge in [0.05, 0.1) is 0 Å². The van der Waals surface area contributed by atoms with Crippen molar-refractivity contribution in [1.82, 2.24) is 15.1 Å². The summed E-state index contributed by atoms with van der Waals surface area (Å²) in [6, 6.07) is 0. The Bertz CT molecular complexity index is 393. The molecule has 0 atom stereocenters. The first-order valence-electron chi connectivity index (χ1n) is 4.92. The zero-order chi connectivity index (χ0) is 13.2. The minimum Gasteiger partial charge on any atom is -0.382 e. The quantitative estimate of drug-likeness (QED) is 0.849. The van der Waals surface area contributed by atoms with Crippen LogP contribution in [0, 0.1) is 6.92 Å². The molecule has 1 aromatic heterocycles. The number of carbonyl (C=O) groups excluding carboxylic acids is 1. The molecule has 0 aliphatic heterocycles. The summed E-state index contributed by atoms with van der Waals surface area (Å²) in [7, 11) is 0. The molecule has 5 nitrogen and oxygen atoms in total. The number of aryl methyl sites for hydroxylation is 1. The number of nitrogens with one attached hydrogen (secondary N) is 1. The van der Waals surface area contributed by atoms with Crippen molar-refractivity contribution < 1.29 is 18.0 Å². The fraction of sp³-hybridized carbons (Fsp3) is 0.556. The Morgan fingerprint density at radius 3 is 2.47 bits per heavy atom. The van der Waals surface area contributed by atoms with Crippen LogP contribution in [-0.2, 0) is 0 Å². The van der Waals surface area contributed by atoms with E-state index in [1.807, 2.05) is 0 Å². The molecule has 0 bridgehead atoms. The Labute approximate surface area is 95.8 Å². The van der Waals surface area contributed by atoms with Crippen LogP contribution in [0.3, 0.4) is 0 Å². The van der Waals surface area contributed by atoms with E-state index in [4.69, 9.17) is 5.73 Å². The molecule has 0 saturated carbocycles. The van der Waals surface area contributed by atoms with Gasteiger partial charge in [-0.05, 0) is 13.8 Å². The molecular weight excluding hydrogens is 237 g/mol. The number of aromatic nitrogens is 2. The molecule has 0 saturated heterocycles. The zero-order valence-electron chi connectivity index (χ0n) is 9.43. The summed E-state index contributed by atoms with van der Waals surface area (Å²) in [4.78, 5) is 12.5. The Morgan fingerprint density at radius 1 is 1.53 bits per heavy atom. The smallest absolute Gasteiger partial charge is 0.382 e. The van der Waals surface area contributed by atoms with Crippen molar-refractivity contribution in [1.29, 1.82) is 0 Å². The normalized spacial score (nSPS) is 11.6. The van der Waals surface area contributed by atoms with Gasteiger partial charge in [-0.25, -0.2) is 0 Å². The third-order valence-electron chi connectivity index (χ3n) is 2.23. The van der Waals surface area contributed by atoms with E-state index in [-0.39, 0.29) is 17.9 Å². The molecule has 0 aromatic carbocycles. The molecule has 96 valence electrons. The highest BCUT2D eigenvalue weighted by molar-refractivity contribution is 5.99. The number of hydrogen-bond donors (Lipinski definition) is 2. The number of hydrogen-bond acceptors (Lipinski definition) is 3. The van der Waals surface area contributed by atoms with Crippen molar-refractivity contribution in [3.05, 3.63) is 11.3 Å². The van der Waals surface area contributed by atoms with E-state index in [2.05, 4.69) is 10.2 Å². The number of H-pyrrole nitrogens is 1. The van der Waals surface area contributed by atoms with E-state index in [0.717, 1.165) is 0 Å². The second-order valence-corrected chi connectivity index (χ2v) is 3.54. The first kappa shape index (κ1) is 13.3. The highest BCUT2D eigenvalue weighted by Gasteiger charge is 2.33. The van der Waals surface area contributed by atoms with Crippen LogP contribution in [0.5, 0.6) is 0 Å². The van der Waals surface area contributed by atoms with E-state index >= 15 is 0 Å². The molecule has 3 N–H and O–H groups in total. The molecule has 1 heterocycles. The van der Waals surface area contributed by atoms with Crippen LogP contribution in [-0.4, -0.2) is 40.3 Å². The average Bonchev–Trinajstić information content (AvgIpc) is 2.53. The maximum Gasteiger partial charge on any atom is 0.406 e. The topological polar surface area (TPSA) is 75.0 Å². The number of nitrogens with two attached hydrogens (primary N) is 1. The summed E-state index contributed by atoms with van der Waals surface area (Å²) >= 11 is 0. The number of amides is 1. The summed E-state index contributed by atoms with van der Waals surface area (Å²) in [5.74, 6) is -0.860. The van der Waals surface area contributed by atoms with Crippen molar-refractivity contribution in [2.75, 3.05) is 18.8 Å². The molecule has 0 aliphatic rings. The Hall–Kier alpha value is -1.73. The summed E-state index contributed by atoms with van der Waals surface area (Å²) < 4.78 is 36.7. The first-order valence-corrected chi connectivity index (χ1v) is 4.92. The highest BCUT2D eigenvalue weighted by Crippen LogP contribution is 2.20. The van der Waals surface area contributed by atoms with Crippen molar-refractivity contribution in [2.24, 2.45) is 0 Å². The van der Waals surface area contributed by atoms with Gasteiger partial charge >= 0.3 is 6.18 Å². The number of nitrogen functional groups attached to an aromatic ring is 1. The predicted molar refractivity (Wildman–Crippen MR) is 55.4 cm³/mol. The van der Waals surface area contributed by atoms with E-state index < -0.39 is 18.6 Å². The Morgan fingerprint density at radius 2 is 2.12 bits per heavy atom. The Balaban J connectivity index is 2.95. The summed E-state index contributed by atoms with van der Waals surface area (Å²) in [5.41, 5.74) is 5.78. The van der Waals surface area contributed by atoms with Crippen LogP contribution in [0.2, 0.25) is 0 Å². The van der Waals surface area contributed by atoms with Gasteiger partial charge in [0.15, 0.2) is 5.82 Å². The zero-order valence-corrected chi connectivity index (χ0v) is 9.43. The first-order chi connectivity index (χ1) is 7.76. The van der Waals surface area contributed by atoms with Gasteiger partial charge in [-0.2, -0.15) is 18.3 Å². The van der Waals surface area contributed by atoms with E-state index in [0.29, 0.717) is 10.6 Å². The Kier molecular flexibility index (Phi) is 3.64. The average molecular weight is 250 g/mol. The number of halogens is 3. The summed E-state index contributed by atoms with van der Waals surface area (Å²) in [5, 5.41) is 6.03. The lowest BCUT2D eigenvalue weighted by Crippen LogP contribution is -2.39. The fourth-order valence-electron chi connectivity index (χ4n) is 1.42. The molecule has 1 aromatic rings. The standard InChI is InChI=1S/C9H13F3N4O/c1-3-16(4-9(10,11)12)8(17)6-5(2)14-15-7(6)13/h3-4H2,1-2H3,(H3,13,14,15). The monoisotopic (exact) mass is 250 g/mol. The maximum absolute atomic E-state index is 12.2. The predicted octanol–water partition coefficient (Wildman–Crippen LogP) is 1.32. The molecule has 1 amide bonds. The van der Waals surface area contributed by atoms with E-state index in [9.17, 15) is 18.0 Å². The minimum atomic E-state index is -4.43. The van der Waals surface area contributed by atoms with E-state index in [1.54, 1.807) is 0 Å². The summed E-state index contributed by atoms with van der Waals surface area (Å²) in [6.45, 7) is 1.64. The third-order valence-corrected chi connectivity index (χ3v) is 2.23. The van der Waals surface area contributed by atoms with Gasteiger partial charge in [-0.3, -0.25) is 9.89 Å². The van der Waals surface area contributed by atoms with Crippen LogP contribution in [0.25, 0.3) is 0 Å². The number of nitrogens with zero attached hydrogens (tertiary/aromatic N) is 2. The molecule has 0 unspecified atom stereocenters. The van der Waals surface area contributed by atoms with Crippen molar-refractivity contribution in [3.63, 3.8) is 0 Å². The molecule has 17 heavy (non-hydrogen) atoms. The SMILES string of the molecule is CCN(CC(F)(F)F)C(=O)c1c(N)n[nH]c1C. The van der Waals surface area contributed by atoms with Gasteiger partial charge in [0.1, 0.15) is 12.1 Å². The third kappa shape index (κ3) is 3.11. The molecular formula is C9H13F3N4O. The molecule has 0 radical (unpaired) electrons. The van der Waals surface area contributed by atoms with Crippen LogP contribution < -0.4 is 5.73 Å². The fourth-order valence-corrected chi connectivity index (χ4v) is 1.42. The van der Waals surface area contributed by atoms with Crippen molar-refractivity contribution >= 4 is 11.7 Å². The second kappa shape index (κ2) is 4.64. The van der Waals surface area contributed by atoms with Gasteiger partial charge in [-0.15, -0.1) is 0 Å². The highest BCUT2D eigenvalue weighted by atomic mass is 19.4. The number of aromatic amines is 1. The van der Waals surface area contributed by atoms with Gasteiger partial charge in [0, 0.05) is 12.2 Å². The molecule has 0 spiro atoms. The molecule has 1 rings (SSSR count). The van der Waals surface area contributed by atoms with Crippen LogP contribution in [0.4, 0.5) is 19.0 Å². The van der Waals surface area contributed by atoms with Crippen LogP contribution in [0.1, 0.15) is 23.0 Å². The van der Waals surface area contributed by atoms with Gasteiger partial charge in [0.25, 0.3) is 5.91 Å². The van der Waals surface area contributed by atoms with Crippen molar-refractivity contribution in [3.8, 4) is 0 Å². The lowest BCUT2D eigenvalue weighted by Gasteiger charge is -2.22. The molecule has 0 fully saturated rings. The summed E-state index contributed by atoms with van der Waals surface area (Å²) in [6.07, 6.45) is -4.43.